The van der Waals surface area contributed by atoms with Gasteiger partial charge in [0.2, 0.25) is 5.91 Å². The fraction of sp³-hybridized carbons (Fsp3) is 0.286. The van der Waals surface area contributed by atoms with E-state index in [9.17, 15) is 4.79 Å². The lowest BCUT2D eigenvalue weighted by atomic mass is 10.1. The first-order valence-electron chi connectivity index (χ1n) is 9.10. The summed E-state index contributed by atoms with van der Waals surface area (Å²) in [6.07, 6.45) is 4.51. The van der Waals surface area contributed by atoms with Crippen molar-refractivity contribution in [1.29, 1.82) is 0 Å². The molecule has 1 aromatic carbocycles. The van der Waals surface area contributed by atoms with Crippen LogP contribution in [0.15, 0.2) is 54.3 Å². The predicted octanol–water partition coefficient (Wildman–Crippen LogP) is 3.74. The maximum atomic E-state index is 12.4. The van der Waals surface area contributed by atoms with Crippen LogP contribution in [0.25, 0.3) is 0 Å². The van der Waals surface area contributed by atoms with Gasteiger partial charge < -0.3 is 14.5 Å². The highest BCUT2D eigenvalue weighted by atomic mass is 32.2. The first-order valence-corrected chi connectivity index (χ1v) is 10.1. The fourth-order valence-corrected chi connectivity index (χ4v) is 3.85. The van der Waals surface area contributed by atoms with Gasteiger partial charge in [-0.15, -0.1) is 16.8 Å². The van der Waals surface area contributed by atoms with Crippen LogP contribution in [0.5, 0.6) is 0 Å². The Hall–Kier alpha value is -2.80. The molecule has 0 radical (unpaired) electrons. The zero-order valence-electron chi connectivity index (χ0n) is 16.5. The van der Waals surface area contributed by atoms with Crippen molar-refractivity contribution in [2.24, 2.45) is 7.05 Å². The number of hydrogen-bond acceptors (Lipinski definition) is 4. The zero-order valence-corrected chi connectivity index (χ0v) is 17.3. The molecule has 0 spiro atoms. The normalized spacial score (nSPS) is 10.8. The average Bonchev–Trinajstić information content (AvgIpc) is 3.20. The van der Waals surface area contributed by atoms with Crippen LogP contribution in [0.1, 0.15) is 22.6 Å². The Morgan fingerprint density at radius 3 is 2.64 bits per heavy atom. The first-order chi connectivity index (χ1) is 13.5. The van der Waals surface area contributed by atoms with Crippen LogP contribution in [0.3, 0.4) is 0 Å². The van der Waals surface area contributed by atoms with Crippen LogP contribution >= 0.6 is 11.8 Å². The standard InChI is InChI=1S/C21H25N5OS/c1-5-8-26-19(13-18-7-6-9-25(18)4)23-24-21(26)28-14-20(27)22-17-11-15(2)10-16(3)12-17/h5-7,9-12H,1,8,13-14H2,2-4H3,(H,22,27). The molecule has 3 aromatic rings. The minimum Gasteiger partial charge on any atom is -0.354 e. The number of aryl methyl sites for hydroxylation is 3. The summed E-state index contributed by atoms with van der Waals surface area (Å²) < 4.78 is 4.08. The number of benzene rings is 1. The van der Waals surface area contributed by atoms with E-state index in [1.807, 2.05) is 55.9 Å². The van der Waals surface area contributed by atoms with Gasteiger partial charge in [-0.2, -0.15) is 0 Å². The quantitative estimate of drug-likeness (QED) is 0.466. The molecule has 0 aliphatic carbocycles. The van der Waals surface area contributed by atoms with Crippen LogP contribution in [0, 0.1) is 13.8 Å². The van der Waals surface area contributed by atoms with Crippen molar-refractivity contribution in [2.75, 3.05) is 11.1 Å². The maximum Gasteiger partial charge on any atom is 0.234 e. The largest absolute Gasteiger partial charge is 0.354 e. The Morgan fingerprint density at radius 1 is 1.25 bits per heavy atom. The van der Waals surface area contributed by atoms with Crippen molar-refractivity contribution in [3.63, 3.8) is 0 Å². The molecular weight excluding hydrogens is 370 g/mol. The van der Waals surface area contributed by atoms with Gasteiger partial charge in [0.25, 0.3) is 0 Å². The molecule has 3 rings (SSSR count). The zero-order chi connectivity index (χ0) is 20.1. The van der Waals surface area contributed by atoms with Crippen molar-refractivity contribution < 1.29 is 4.79 Å². The van der Waals surface area contributed by atoms with E-state index in [-0.39, 0.29) is 11.7 Å². The molecule has 0 aliphatic rings. The van der Waals surface area contributed by atoms with Crippen LogP contribution in [0.4, 0.5) is 5.69 Å². The van der Waals surface area contributed by atoms with Gasteiger partial charge in [0.1, 0.15) is 5.82 Å². The molecule has 0 unspecified atom stereocenters. The molecule has 1 amide bonds. The molecule has 2 aromatic heterocycles. The smallest absolute Gasteiger partial charge is 0.234 e. The summed E-state index contributed by atoms with van der Waals surface area (Å²) >= 11 is 1.38. The van der Waals surface area contributed by atoms with Crippen molar-refractivity contribution in [1.82, 2.24) is 19.3 Å². The first kappa shape index (κ1) is 19.9. The lowest BCUT2D eigenvalue weighted by Crippen LogP contribution is -2.15. The molecule has 1 N–H and O–H groups in total. The predicted molar refractivity (Wildman–Crippen MR) is 114 cm³/mol. The van der Waals surface area contributed by atoms with Crippen LogP contribution in [-0.2, 0) is 24.8 Å². The van der Waals surface area contributed by atoms with E-state index in [4.69, 9.17) is 0 Å². The third-order valence-electron chi connectivity index (χ3n) is 4.33. The van der Waals surface area contributed by atoms with Gasteiger partial charge in [-0.05, 0) is 49.2 Å². The minimum absolute atomic E-state index is 0.0628. The van der Waals surface area contributed by atoms with Crippen LogP contribution in [0.2, 0.25) is 0 Å². The van der Waals surface area contributed by atoms with E-state index >= 15 is 0 Å². The lowest BCUT2D eigenvalue weighted by molar-refractivity contribution is -0.113. The highest BCUT2D eigenvalue weighted by molar-refractivity contribution is 7.99. The number of nitrogens with zero attached hydrogens (tertiary/aromatic N) is 4. The molecule has 0 atom stereocenters. The Morgan fingerprint density at radius 2 is 2.00 bits per heavy atom. The average molecular weight is 396 g/mol. The summed E-state index contributed by atoms with van der Waals surface area (Å²) in [6, 6.07) is 10.1. The van der Waals surface area contributed by atoms with E-state index in [0.29, 0.717) is 13.0 Å². The monoisotopic (exact) mass is 395 g/mol. The topological polar surface area (TPSA) is 64.7 Å². The molecule has 0 bridgehead atoms. The molecule has 0 saturated heterocycles. The highest BCUT2D eigenvalue weighted by Gasteiger charge is 2.15. The van der Waals surface area contributed by atoms with E-state index in [1.54, 1.807) is 0 Å². The highest BCUT2D eigenvalue weighted by Crippen LogP contribution is 2.20. The summed E-state index contributed by atoms with van der Waals surface area (Å²) in [4.78, 5) is 12.4. The Labute approximate surface area is 169 Å². The fourth-order valence-electron chi connectivity index (χ4n) is 3.09. The van der Waals surface area contributed by atoms with Gasteiger partial charge in [0.05, 0.1) is 5.75 Å². The number of allylic oxidation sites excluding steroid dienone is 1. The number of amides is 1. The molecular formula is C21H25N5OS. The van der Waals surface area contributed by atoms with E-state index in [1.165, 1.54) is 11.8 Å². The molecule has 146 valence electrons. The number of aromatic nitrogens is 4. The molecule has 7 heteroatoms. The second-order valence-corrected chi connectivity index (χ2v) is 7.74. The van der Waals surface area contributed by atoms with Gasteiger partial charge in [-0.25, -0.2) is 0 Å². The molecule has 0 saturated carbocycles. The molecule has 6 nitrogen and oxygen atoms in total. The number of anilines is 1. The summed E-state index contributed by atoms with van der Waals surface area (Å²) in [6.45, 7) is 8.47. The number of rotatable bonds is 8. The number of hydrogen-bond donors (Lipinski definition) is 1. The molecule has 28 heavy (non-hydrogen) atoms. The van der Waals surface area contributed by atoms with Crippen molar-refractivity contribution in [2.45, 2.75) is 32.0 Å². The third kappa shape index (κ3) is 4.92. The summed E-state index contributed by atoms with van der Waals surface area (Å²) in [7, 11) is 2.01. The van der Waals surface area contributed by atoms with Crippen molar-refractivity contribution >= 4 is 23.4 Å². The maximum absolute atomic E-state index is 12.4. The number of carbonyl (C=O) groups is 1. The Kier molecular flexibility index (Phi) is 6.36. The van der Waals surface area contributed by atoms with Gasteiger partial charge in [0.15, 0.2) is 5.16 Å². The van der Waals surface area contributed by atoms with Gasteiger partial charge in [-0.3, -0.25) is 4.79 Å². The van der Waals surface area contributed by atoms with Gasteiger partial charge >= 0.3 is 0 Å². The minimum atomic E-state index is -0.0628. The van der Waals surface area contributed by atoms with E-state index < -0.39 is 0 Å². The van der Waals surface area contributed by atoms with Crippen LogP contribution < -0.4 is 5.32 Å². The Bertz CT molecular complexity index is 968. The lowest BCUT2D eigenvalue weighted by Gasteiger charge is -2.09. The summed E-state index contributed by atoms with van der Waals surface area (Å²) in [5, 5.41) is 12.3. The third-order valence-corrected chi connectivity index (χ3v) is 5.30. The second-order valence-electron chi connectivity index (χ2n) is 6.80. The van der Waals surface area contributed by atoms with E-state index in [0.717, 1.165) is 33.5 Å². The molecule has 0 fully saturated rings. The summed E-state index contributed by atoms with van der Waals surface area (Å²) in [5.41, 5.74) is 4.22. The van der Waals surface area contributed by atoms with Gasteiger partial charge in [-0.1, -0.05) is 23.9 Å². The van der Waals surface area contributed by atoms with Crippen LogP contribution in [-0.4, -0.2) is 31.0 Å². The van der Waals surface area contributed by atoms with Crippen molar-refractivity contribution in [3.8, 4) is 0 Å². The van der Waals surface area contributed by atoms with Gasteiger partial charge in [0, 0.05) is 37.6 Å². The number of carbonyl (C=O) groups excluding carboxylic acids is 1. The number of thioether (sulfide) groups is 1. The van der Waals surface area contributed by atoms with Crippen molar-refractivity contribution in [3.05, 3.63) is 71.8 Å². The van der Waals surface area contributed by atoms with E-state index in [2.05, 4.69) is 38.8 Å². The summed E-state index contributed by atoms with van der Waals surface area (Å²) in [5.74, 6) is 1.07. The Balaban J connectivity index is 1.67. The second kappa shape index (κ2) is 8.93. The number of nitrogens with one attached hydrogen (secondary N) is 1. The molecule has 2 heterocycles. The molecule has 0 aliphatic heterocycles. The SMILES string of the molecule is C=CCn1c(Cc2cccn2C)nnc1SCC(=O)Nc1cc(C)cc(C)c1.